The lowest BCUT2D eigenvalue weighted by molar-refractivity contribution is 0.0903. The van der Waals surface area contributed by atoms with Crippen LogP contribution >= 0.6 is 11.6 Å². The summed E-state index contributed by atoms with van der Waals surface area (Å²) in [7, 11) is 0. The van der Waals surface area contributed by atoms with E-state index in [2.05, 4.69) is 5.32 Å². The van der Waals surface area contributed by atoms with Crippen molar-refractivity contribution in [2.24, 2.45) is 0 Å². The molecular weight excluding hydrogens is 362 g/mol. The van der Waals surface area contributed by atoms with Gasteiger partial charge < -0.3 is 14.5 Å². The van der Waals surface area contributed by atoms with Crippen molar-refractivity contribution in [3.8, 4) is 5.75 Å². The van der Waals surface area contributed by atoms with Gasteiger partial charge in [-0.25, -0.2) is 0 Å². The largest absolute Gasteiger partial charge is 0.486 e. The minimum absolute atomic E-state index is 0.0608. The van der Waals surface area contributed by atoms with Crippen LogP contribution in [-0.4, -0.2) is 5.91 Å². The lowest BCUT2D eigenvalue weighted by atomic mass is 10.0. The third kappa shape index (κ3) is 5.14. The van der Waals surface area contributed by atoms with E-state index in [1.807, 2.05) is 50.2 Å². The van der Waals surface area contributed by atoms with Crippen molar-refractivity contribution in [3.63, 3.8) is 0 Å². The number of carbonyl (C=O) groups excluding carboxylic acids is 1. The topological polar surface area (TPSA) is 51.5 Å². The number of benzene rings is 2. The number of furan rings is 1. The second-order valence-electron chi connectivity index (χ2n) is 6.36. The number of carbonyl (C=O) groups is 1. The van der Waals surface area contributed by atoms with Gasteiger partial charge in [0.25, 0.3) is 5.91 Å². The van der Waals surface area contributed by atoms with Crippen LogP contribution in [0.5, 0.6) is 5.75 Å². The van der Waals surface area contributed by atoms with E-state index in [1.165, 1.54) is 5.56 Å². The molecular formula is C22H22ClNO3. The molecule has 1 unspecified atom stereocenters. The van der Waals surface area contributed by atoms with Gasteiger partial charge in [-0.15, -0.1) is 0 Å². The van der Waals surface area contributed by atoms with Gasteiger partial charge in [0.05, 0.1) is 6.04 Å². The van der Waals surface area contributed by atoms with Crippen molar-refractivity contribution in [2.45, 2.75) is 32.9 Å². The zero-order valence-corrected chi connectivity index (χ0v) is 16.1. The molecule has 1 aromatic heterocycles. The summed E-state index contributed by atoms with van der Waals surface area (Å²) in [6, 6.07) is 18.6. The van der Waals surface area contributed by atoms with Gasteiger partial charge in [0.15, 0.2) is 5.76 Å². The molecule has 1 heterocycles. The number of ether oxygens (including phenoxy) is 1. The lowest BCUT2D eigenvalue weighted by Gasteiger charge is -2.17. The second kappa shape index (κ2) is 8.78. The third-order valence-electron chi connectivity index (χ3n) is 4.26. The van der Waals surface area contributed by atoms with E-state index in [9.17, 15) is 4.79 Å². The molecule has 2 aromatic carbocycles. The molecule has 140 valence electrons. The van der Waals surface area contributed by atoms with Gasteiger partial charge in [-0.05, 0) is 49.2 Å². The number of nitrogens with one attached hydrogen (secondary N) is 1. The van der Waals surface area contributed by atoms with Gasteiger partial charge >= 0.3 is 0 Å². The smallest absolute Gasteiger partial charge is 0.287 e. The number of rotatable bonds is 7. The molecule has 5 heteroatoms. The van der Waals surface area contributed by atoms with Crippen LogP contribution in [0, 0.1) is 6.92 Å². The molecule has 1 N–H and O–H groups in total. The summed E-state index contributed by atoms with van der Waals surface area (Å²) in [5.74, 6) is 1.25. The quantitative estimate of drug-likeness (QED) is 0.569. The predicted molar refractivity (Wildman–Crippen MR) is 106 cm³/mol. The Hall–Kier alpha value is -2.72. The Balaban J connectivity index is 1.61. The average molecular weight is 384 g/mol. The highest BCUT2D eigenvalue weighted by Crippen LogP contribution is 2.20. The molecule has 1 atom stereocenters. The Morgan fingerprint density at radius 1 is 1.15 bits per heavy atom. The fraction of sp³-hybridized carbons (Fsp3) is 0.227. The van der Waals surface area contributed by atoms with E-state index in [4.69, 9.17) is 20.8 Å². The molecule has 27 heavy (non-hydrogen) atoms. The molecule has 0 spiro atoms. The first-order valence-electron chi connectivity index (χ1n) is 8.89. The molecule has 3 aromatic rings. The molecule has 0 aliphatic carbocycles. The summed E-state index contributed by atoms with van der Waals surface area (Å²) >= 11 is 5.94. The molecule has 4 nitrogen and oxygen atoms in total. The highest BCUT2D eigenvalue weighted by Gasteiger charge is 2.17. The van der Waals surface area contributed by atoms with Crippen molar-refractivity contribution in [1.82, 2.24) is 5.32 Å². The standard InChI is InChI=1S/C22H22ClNO3/c1-3-20(16-9-7-15(2)8-10-16)24-22(25)21-12-11-19(27-21)14-26-18-6-4-5-17(23)13-18/h4-13,20H,3,14H2,1-2H3,(H,24,25). The Kier molecular flexibility index (Phi) is 6.20. The summed E-state index contributed by atoms with van der Waals surface area (Å²) in [5, 5.41) is 3.63. The van der Waals surface area contributed by atoms with Crippen LogP contribution in [0.15, 0.2) is 65.1 Å². The van der Waals surface area contributed by atoms with Crippen LogP contribution in [-0.2, 0) is 6.61 Å². The summed E-state index contributed by atoms with van der Waals surface area (Å²) in [6.45, 7) is 4.30. The fourth-order valence-electron chi connectivity index (χ4n) is 2.74. The molecule has 0 aliphatic rings. The molecule has 0 saturated carbocycles. The number of amides is 1. The number of halogens is 1. The maximum absolute atomic E-state index is 12.5. The first-order valence-corrected chi connectivity index (χ1v) is 9.27. The first kappa shape index (κ1) is 19.1. The second-order valence-corrected chi connectivity index (χ2v) is 6.79. The Bertz CT molecular complexity index is 902. The minimum atomic E-state index is -0.239. The third-order valence-corrected chi connectivity index (χ3v) is 4.49. The van der Waals surface area contributed by atoms with Gasteiger partial charge in [0.2, 0.25) is 0 Å². The number of aryl methyl sites for hydroxylation is 1. The van der Waals surface area contributed by atoms with E-state index >= 15 is 0 Å². The maximum Gasteiger partial charge on any atom is 0.287 e. The Labute approximate surface area is 164 Å². The van der Waals surface area contributed by atoms with Crippen molar-refractivity contribution < 1.29 is 13.9 Å². The van der Waals surface area contributed by atoms with Gasteiger partial charge in [0.1, 0.15) is 18.1 Å². The van der Waals surface area contributed by atoms with E-state index in [0.717, 1.165) is 12.0 Å². The predicted octanol–water partition coefficient (Wildman–Crippen LogP) is 5.70. The average Bonchev–Trinajstić information content (AvgIpc) is 3.14. The highest BCUT2D eigenvalue weighted by molar-refractivity contribution is 6.30. The van der Waals surface area contributed by atoms with Gasteiger partial charge in [-0.2, -0.15) is 0 Å². The van der Waals surface area contributed by atoms with Crippen LogP contribution in [0.25, 0.3) is 0 Å². The molecule has 0 radical (unpaired) electrons. The Morgan fingerprint density at radius 3 is 2.63 bits per heavy atom. The SMILES string of the molecule is CCC(NC(=O)c1ccc(COc2cccc(Cl)c2)o1)c1ccc(C)cc1. The van der Waals surface area contributed by atoms with Crippen LogP contribution in [0.4, 0.5) is 0 Å². The summed E-state index contributed by atoms with van der Waals surface area (Å²) in [4.78, 5) is 12.5. The highest BCUT2D eigenvalue weighted by atomic mass is 35.5. The minimum Gasteiger partial charge on any atom is -0.486 e. The lowest BCUT2D eigenvalue weighted by Crippen LogP contribution is -2.27. The summed E-state index contributed by atoms with van der Waals surface area (Å²) in [6.07, 6.45) is 0.792. The van der Waals surface area contributed by atoms with Gasteiger partial charge in [0, 0.05) is 5.02 Å². The number of hydrogen-bond acceptors (Lipinski definition) is 3. The number of hydrogen-bond donors (Lipinski definition) is 1. The van der Waals surface area contributed by atoms with Gasteiger partial charge in [-0.1, -0.05) is 54.4 Å². The van der Waals surface area contributed by atoms with Crippen molar-refractivity contribution in [3.05, 3.63) is 88.3 Å². The van der Waals surface area contributed by atoms with Crippen molar-refractivity contribution in [1.29, 1.82) is 0 Å². The van der Waals surface area contributed by atoms with Crippen LogP contribution in [0.2, 0.25) is 5.02 Å². The van der Waals surface area contributed by atoms with E-state index in [0.29, 0.717) is 16.5 Å². The van der Waals surface area contributed by atoms with Crippen LogP contribution in [0.1, 0.15) is 46.8 Å². The molecule has 0 aliphatic heterocycles. The van der Waals surface area contributed by atoms with Gasteiger partial charge in [-0.3, -0.25) is 4.79 Å². The van der Waals surface area contributed by atoms with E-state index in [-0.39, 0.29) is 24.3 Å². The normalized spacial score (nSPS) is 11.8. The monoisotopic (exact) mass is 383 g/mol. The fourth-order valence-corrected chi connectivity index (χ4v) is 2.92. The molecule has 1 amide bonds. The summed E-state index contributed by atoms with van der Waals surface area (Å²) in [5.41, 5.74) is 2.27. The van der Waals surface area contributed by atoms with E-state index in [1.54, 1.807) is 24.3 Å². The van der Waals surface area contributed by atoms with Crippen molar-refractivity contribution in [2.75, 3.05) is 0 Å². The van der Waals surface area contributed by atoms with E-state index < -0.39 is 0 Å². The van der Waals surface area contributed by atoms with Crippen molar-refractivity contribution >= 4 is 17.5 Å². The van der Waals surface area contributed by atoms with Crippen LogP contribution < -0.4 is 10.1 Å². The van der Waals surface area contributed by atoms with Crippen LogP contribution in [0.3, 0.4) is 0 Å². The molecule has 0 saturated heterocycles. The molecule has 0 fully saturated rings. The zero-order valence-electron chi connectivity index (χ0n) is 15.4. The first-order chi connectivity index (χ1) is 13.0. The Morgan fingerprint density at radius 2 is 1.93 bits per heavy atom. The molecule has 3 rings (SSSR count). The molecule has 0 bridgehead atoms. The maximum atomic E-state index is 12.5. The summed E-state index contributed by atoms with van der Waals surface area (Å²) < 4.78 is 11.3. The zero-order chi connectivity index (χ0) is 19.2.